The van der Waals surface area contributed by atoms with E-state index < -0.39 is 45.1 Å². The molecule has 0 unspecified atom stereocenters. The van der Waals surface area contributed by atoms with Gasteiger partial charge in [0.05, 0.1) is 0 Å². The maximum atomic E-state index is 15.0. The molecular weight excluding hydrogens is 2510 g/mol. The van der Waals surface area contributed by atoms with E-state index in [1.54, 1.807) is 76.2 Å². The maximum Gasteiger partial charge on any atom is 2.00 e. The Morgan fingerprint density at radius 3 is 0.627 bits per heavy atom. The van der Waals surface area contributed by atoms with Gasteiger partial charge in [-0.3, -0.25) is 8.78 Å². The van der Waals surface area contributed by atoms with E-state index in [1.165, 1.54) is 35.4 Å². The van der Waals surface area contributed by atoms with Gasteiger partial charge in [0.15, 0.2) is 0 Å². The van der Waals surface area contributed by atoms with E-state index in [1.807, 2.05) is 64.1 Å². The molecule has 0 fully saturated rings. The average molecular weight is 2620 g/mol. The minimum absolute atomic E-state index is 0. The Kier molecular flexibility index (Phi) is 31.6. The number of benzene rings is 8. The third-order valence-electron chi connectivity index (χ3n) is 28.7. The van der Waals surface area contributed by atoms with Crippen molar-refractivity contribution >= 4 is 0 Å². The smallest absolute Gasteiger partial charge is 0.300 e. The third-order valence-corrected chi connectivity index (χ3v) is 28.7. The van der Waals surface area contributed by atoms with Crippen LogP contribution in [0.3, 0.4) is 0 Å². The molecule has 732 valence electrons. The number of nitrogens with zero attached hydrogens (tertiary/aromatic N) is 8. The first-order valence-electron chi connectivity index (χ1n) is 46.9. The van der Waals surface area contributed by atoms with Crippen LogP contribution in [0, 0.1) is 83.8 Å². The summed E-state index contributed by atoms with van der Waals surface area (Å²) in [6.45, 7) is 41.4. The molecule has 0 saturated carbocycles. The quantitative estimate of drug-likeness (QED) is 0.127. The minimum Gasteiger partial charge on any atom is -0.300 e. The van der Waals surface area contributed by atoms with E-state index in [2.05, 4.69) is 287 Å². The van der Waals surface area contributed by atoms with E-state index in [0.29, 0.717) is 103 Å². The first kappa shape index (κ1) is 108. The Morgan fingerprint density at radius 2 is 0.387 bits per heavy atom. The molecule has 16 aromatic rings. The fourth-order valence-electron chi connectivity index (χ4n) is 20.6. The second-order valence-corrected chi connectivity index (χ2v) is 40.8. The van der Waals surface area contributed by atoms with Crippen LogP contribution in [0.1, 0.15) is 240 Å². The molecule has 12 heterocycles. The van der Waals surface area contributed by atoms with E-state index in [9.17, 15) is 26.3 Å². The molecule has 8 nitrogen and oxygen atoms in total. The number of alkyl halides is 6. The molecule has 0 aliphatic carbocycles. The summed E-state index contributed by atoms with van der Waals surface area (Å²) < 4.78 is 115. The molecule has 0 amide bonds. The van der Waals surface area contributed by atoms with E-state index in [0.717, 1.165) is 91.1 Å². The Labute approximate surface area is 887 Å². The van der Waals surface area contributed by atoms with Crippen LogP contribution in [0.25, 0.3) is 90.1 Å². The molecule has 8 aromatic heterocycles. The maximum absolute atomic E-state index is 15.0. The van der Waals surface area contributed by atoms with Gasteiger partial charge in [0.25, 0.3) is 0 Å². The molecular formula is C122H108F8N8Pt4. The molecule has 32 bridgehead atoms. The van der Waals surface area contributed by atoms with Crippen LogP contribution < -0.4 is 0 Å². The van der Waals surface area contributed by atoms with Crippen molar-refractivity contribution in [3.63, 3.8) is 0 Å². The van der Waals surface area contributed by atoms with Gasteiger partial charge in [-0.05, 0) is 129 Å². The average Bonchev–Trinajstić information content (AvgIpc) is 0.742. The molecule has 4 aliphatic heterocycles. The van der Waals surface area contributed by atoms with Crippen LogP contribution in [0.2, 0.25) is 0 Å². The van der Waals surface area contributed by atoms with Crippen molar-refractivity contribution in [2.24, 2.45) is 23.7 Å². The number of pyridine rings is 8. The van der Waals surface area contributed by atoms with Crippen LogP contribution >= 0.6 is 0 Å². The third kappa shape index (κ3) is 20.1. The molecule has 0 radical (unpaired) electrons. The molecule has 0 spiro atoms. The predicted octanol–water partition coefficient (Wildman–Crippen LogP) is 30.4. The van der Waals surface area contributed by atoms with E-state index in [-0.39, 0.29) is 129 Å². The molecule has 0 saturated heterocycles. The molecule has 4 aliphatic rings. The Balaban J connectivity index is 0.000000158. The van der Waals surface area contributed by atoms with Gasteiger partial charge in [0.1, 0.15) is 0 Å². The summed E-state index contributed by atoms with van der Waals surface area (Å²) in [4.78, 5) is 39.8. The van der Waals surface area contributed by atoms with Crippen LogP contribution in [0.4, 0.5) is 35.1 Å². The number of aromatic nitrogens is 8. The number of fused-ring (bicyclic) bond motifs is 40. The first-order chi connectivity index (χ1) is 65.3. The Bertz CT molecular complexity index is 6720. The van der Waals surface area contributed by atoms with E-state index >= 15 is 8.78 Å². The van der Waals surface area contributed by atoms with Crippen molar-refractivity contribution < 1.29 is 119 Å². The molecule has 142 heavy (non-hydrogen) atoms. The van der Waals surface area contributed by atoms with Gasteiger partial charge in [-0.2, -0.15) is 26.3 Å². The molecule has 0 atom stereocenters. The SMILES string of the molecule is CC(C)C1(C(C)C)c2[c-]c(ccc2)-c2cccc(n2)C(C(C)C)(C(C)C)c2[c-]c(ccc2)-c2cccc1n2.CC1(C)c2[c-]c(ccc2)-c2cccc(n2)C(C)(C)c2[c-]c(ccc2)-c2cccc1n2.CC1(C)c2cccc(n2)-c2[c-]c(c(C(F)(F)F)cc2)C(C)(C)c2cccc(n2)-c2[c-]c1c(C(F)(F)F)cc2.CC1(C)c2cccc(n2)-c2[c-]c(c(F)cc2)C(C)(C)c2cccc(n2)-c2[c-]c1c(F)cc2.[Pt+2].[Pt+2].[Pt+2].[Pt+2]. The summed E-state index contributed by atoms with van der Waals surface area (Å²) in [5.74, 6) is 0.570. The zero-order chi connectivity index (χ0) is 98.5. The second kappa shape index (κ2) is 41.3. The molecule has 20 heteroatoms. The molecule has 8 aromatic carbocycles. The van der Waals surface area contributed by atoms with Crippen LogP contribution in [0.5, 0.6) is 0 Å². The zero-order valence-electron chi connectivity index (χ0n) is 82.6. The summed E-state index contributed by atoms with van der Waals surface area (Å²) in [5.41, 5.74) is 16.2. The summed E-state index contributed by atoms with van der Waals surface area (Å²) in [5, 5.41) is 0. The summed E-state index contributed by atoms with van der Waals surface area (Å²) in [7, 11) is 0. The van der Waals surface area contributed by atoms with Gasteiger partial charge in [-0.25, -0.2) is 0 Å². The number of hydrogen-bond acceptors (Lipinski definition) is 8. The van der Waals surface area contributed by atoms with Gasteiger partial charge in [-0.1, -0.05) is 247 Å². The monoisotopic (exact) mass is 2620 g/mol. The summed E-state index contributed by atoms with van der Waals surface area (Å²) in [6, 6.07) is 110. The topological polar surface area (TPSA) is 103 Å². The zero-order valence-corrected chi connectivity index (χ0v) is 91.7. The fraction of sp³-hybridized carbons (Fsp3) is 0.279. The predicted molar refractivity (Wildman–Crippen MR) is 532 cm³/mol. The van der Waals surface area contributed by atoms with Crippen molar-refractivity contribution in [1.29, 1.82) is 0 Å². The van der Waals surface area contributed by atoms with Crippen molar-refractivity contribution in [3.05, 3.63) is 428 Å². The van der Waals surface area contributed by atoms with Gasteiger partial charge >= 0.3 is 96.6 Å². The molecule has 20 rings (SSSR count). The first-order valence-corrected chi connectivity index (χ1v) is 46.9. The van der Waals surface area contributed by atoms with Gasteiger partial charge in [-0.15, -0.1) is 248 Å². The number of rotatable bonds is 4. The normalized spacial score (nSPS) is 15.4. The van der Waals surface area contributed by atoms with Crippen LogP contribution in [-0.4, -0.2) is 39.9 Å². The standard InChI is InChI=1S/C36H40N2.C30H22F6N2.C28H22F2N2.C28H24N2.4Pt/c1-23(2)35(24(3)4)29-15-9-13-27(21-29)32-18-12-20-34(38-32)36(25(5)6,26(7)8)30-16-10-14-28(22-30)31-17-11-19-33(35)37-31;1-27(2)21-15-17(11-13-19(21)29(31,32)33)24-8-6-10-26(38-24)28(3,4)22-16-18(12-14-20(22)30(34,35)36)23-7-5-9-25(27)37-23;1-27(2)19-15-17(11-13-21(19)29)24-8-6-10-26(32-24)28(3,4)20-16-18(12-14-22(20)30)23-7-5-9-25(27)31-23;1-27(2)21-11-5-9-19(17-21)24-14-8-16-26(30-24)28(3,4)22-12-6-10-20(18-22)23-13-7-15-25(27)29-23;;;;/h9-20,23-26H,1-8H3;5-14H,1-4H3;5-14H,1-4H3;5-16H,1-4H3;;;;/q4*-2;4*+2. The molecule has 0 N–H and O–H groups in total. The number of hydrogen-bond donors (Lipinski definition) is 0. The summed E-state index contributed by atoms with van der Waals surface area (Å²) in [6.07, 6.45) is -9.28. The summed E-state index contributed by atoms with van der Waals surface area (Å²) >= 11 is 0. The van der Waals surface area contributed by atoms with Crippen molar-refractivity contribution in [2.45, 2.75) is 194 Å². The van der Waals surface area contributed by atoms with Crippen molar-refractivity contribution in [1.82, 2.24) is 39.9 Å². The minimum atomic E-state index is -4.64. The van der Waals surface area contributed by atoms with Crippen molar-refractivity contribution in [3.8, 4) is 90.1 Å². The second-order valence-electron chi connectivity index (χ2n) is 40.8. The largest absolute Gasteiger partial charge is 2.00 e. The van der Waals surface area contributed by atoms with Gasteiger partial charge in [0.2, 0.25) is 0 Å². The number of halogens is 8. The van der Waals surface area contributed by atoms with Gasteiger partial charge in [0, 0.05) is 101 Å². The Hall–Kier alpha value is -10.8. The fourth-order valence-corrected chi connectivity index (χ4v) is 20.6. The van der Waals surface area contributed by atoms with E-state index in [4.69, 9.17) is 29.9 Å². The van der Waals surface area contributed by atoms with Crippen LogP contribution in [-0.2, 0) is 140 Å². The van der Waals surface area contributed by atoms with Gasteiger partial charge < -0.3 is 39.9 Å². The van der Waals surface area contributed by atoms with Crippen molar-refractivity contribution in [2.75, 3.05) is 0 Å². The van der Waals surface area contributed by atoms with Crippen LogP contribution in [0.15, 0.2) is 267 Å². The Morgan fingerprint density at radius 1 is 0.204 bits per heavy atom.